The molecular formula is C30H32N2O6SSi. The topological polar surface area (TPSA) is 98.1 Å². The second kappa shape index (κ2) is 11.1. The largest absolute Gasteiger partial charge is 0.469 e. The SMILES string of the molecule is C=C(C)C(C(=O)OC1c2ccccc2-c2ccccc21)N1C(=O)C(NC(=O)Cc2ccco2)C1SO[Si](C)(C)C. The van der Waals surface area contributed by atoms with Gasteiger partial charge in [-0.3, -0.25) is 9.59 Å². The second-order valence-electron chi connectivity index (χ2n) is 11.0. The number of rotatable bonds is 10. The number of amides is 2. The highest BCUT2D eigenvalue weighted by atomic mass is 32.2. The van der Waals surface area contributed by atoms with E-state index in [2.05, 4.69) is 11.9 Å². The summed E-state index contributed by atoms with van der Waals surface area (Å²) in [7, 11) is -2.01. The molecule has 0 radical (unpaired) electrons. The molecular weight excluding hydrogens is 544 g/mol. The van der Waals surface area contributed by atoms with Crippen LogP contribution in [0.15, 0.2) is 83.5 Å². The van der Waals surface area contributed by atoms with E-state index in [4.69, 9.17) is 13.0 Å². The number of benzene rings is 2. The zero-order valence-corrected chi connectivity index (χ0v) is 24.7. The predicted molar refractivity (Wildman–Crippen MR) is 155 cm³/mol. The predicted octanol–water partition coefficient (Wildman–Crippen LogP) is 5.23. The Morgan fingerprint density at radius 3 is 2.23 bits per heavy atom. The van der Waals surface area contributed by atoms with Gasteiger partial charge in [-0.2, -0.15) is 0 Å². The van der Waals surface area contributed by atoms with Gasteiger partial charge in [0.05, 0.1) is 12.7 Å². The van der Waals surface area contributed by atoms with Gasteiger partial charge in [-0.05, 0) is 55.4 Å². The first-order chi connectivity index (χ1) is 19.0. The molecule has 40 heavy (non-hydrogen) atoms. The Morgan fingerprint density at radius 1 is 1.05 bits per heavy atom. The van der Waals surface area contributed by atoms with Gasteiger partial charge in [0.2, 0.25) is 20.1 Å². The molecule has 2 aromatic carbocycles. The standard InChI is InChI=1S/C30H32N2O6SSi/c1-18(2)26(30(35)37-27-22-14-8-6-12-20(22)21-13-7-9-15-23(21)27)32-28(34)25(29(32)39-38-40(3,4)5)31-24(33)17-19-11-10-16-36-19/h6-16,25-27,29H,1,17H2,2-5H3,(H,31,33). The first-order valence-corrected chi connectivity index (χ1v) is 17.3. The van der Waals surface area contributed by atoms with E-state index < -0.39 is 43.8 Å². The number of carbonyl (C=O) groups is 3. The molecule has 0 bridgehead atoms. The summed E-state index contributed by atoms with van der Waals surface area (Å²) in [6.45, 7) is 11.8. The highest BCUT2D eigenvalue weighted by Gasteiger charge is 2.55. The normalized spacial score (nSPS) is 18.9. The third kappa shape index (κ3) is 5.52. The van der Waals surface area contributed by atoms with Gasteiger partial charge in [-0.1, -0.05) is 55.1 Å². The maximum Gasteiger partial charge on any atom is 0.334 e. The monoisotopic (exact) mass is 576 g/mol. The summed E-state index contributed by atoms with van der Waals surface area (Å²) < 4.78 is 17.5. The van der Waals surface area contributed by atoms with Crippen molar-refractivity contribution in [3.05, 3.63) is 96.0 Å². The highest BCUT2D eigenvalue weighted by molar-refractivity contribution is 7.96. The van der Waals surface area contributed by atoms with Crippen LogP contribution in [0.2, 0.25) is 19.6 Å². The van der Waals surface area contributed by atoms with Gasteiger partial charge in [0.1, 0.15) is 17.2 Å². The average molecular weight is 577 g/mol. The fraction of sp³-hybridized carbons (Fsp3) is 0.300. The van der Waals surface area contributed by atoms with E-state index in [1.165, 1.54) is 11.2 Å². The smallest absolute Gasteiger partial charge is 0.334 e. The Kier molecular flexibility index (Phi) is 7.76. The highest BCUT2D eigenvalue weighted by Crippen LogP contribution is 2.46. The first kappa shape index (κ1) is 27.9. The molecule has 1 saturated heterocycles. The van der Waals surface area contributed by atoms with Gasteiger partial charge in [0.15, 0.2) is 12.1 Å². The maximum absolute atomic E-state index is 13.8. The molecule has 0 spiro atoms. The lowest BCUT2D eigenvalue weighted by Crippen LogP contribution is -2.73. The Labute approximate surface area is 239 Å². The summed E-state index contributed by atoms with van der Waals surface area (Å²) >= 11 is 1.10. The Morgan fingerprint density at radius 2 is 1.68 bits per heavy atom. The van der Waals surface area contributed by atoms with E-state index in [-0.39, 0.29) is 12.3 Å². The van der Waals surface area contributed by atoms with Crippen LogP contribution in [0, 0.1) is 0 Å². The van der Waals surface area contributed by atoms with E-state index in [1.54, 1.807) is 19.1 Å². The number of β-lactam (4-membered cyclic amide) rings is 1. The summed E-state index contributed by atoms with van der Waals surface area (Å²) in [5, 5.41) is 2.15. The molecule has 10 heteroatoms. The minimum atomic E-state index is -2.01. The zero-order valence-electron chi connectivity index (χ0n) is 22.9. The van der Waals surface area contributed by atoms with Crippen molar-refractivity contribution < 1.29 is 27.4 Å². The summed E-state index contributed by atoms with van der Waals surface area (Å²) in [5.41, 5.74) is 4.27. The zero-order chi connectivity index (χ0) is 28.6. The van der Waals surface area contributed by atoms with Crippen LogP contribution >= 0.6 is 12.0 Å². The fourth-order valence-corrected chi connectivity index (χ4v) is 7.12. The van der Waals surface area contributed by atoms with E-state index in [1.807, 2.05) is 68.2 Å². The number of hydrogen-bond acceptors (Lipinski definition) is 7. The molecule has 2 aliphatic rings. The maximum atomic E-state index is 13.8. The van der Waals surface area contributed by atoms with Crippen LogP contribution in [-0.2, 0) is 29.4 Å². The lowest BCUT2D eigenvalue weighted by Gasteiger charge is -2.49. The number of likely N-dealkylation sites (tertiary alicyclic amines) is 1. The van der Waals surface area contributed by atoms with Crippen molar-refractivity contribution in [1.82, 2.24) is 10.2 Å². The van der Waals surface area contributed by atoms with E-state index in [0.717, 1.165) is 34.3 Å². The van der Waals surface area contributed by atoms with Gasteiger partial charge in [-0.15, -0.1) is 0 Å². The van der Waals surface area contributed by atoms with Gasteiger partial charge < -0.3 is 23.2 Å². The number of nitrogens with zero attached hydrogens (tertiary/aromatic N) is 1. The van der Waals surface area contributed by atoms with Gasteiger partial charge in [0, 0.05) is 23.2 Å². The summed E-state index contributed by atoms with van der Waals surface area (Å²) in [6, 6.07) is 17.1. The number of carbonyl (C=O) groups excluding carboxylic acids is 3. The molecule has 1 fully saturated rings. The molecule has 1 aliphatic carbocycles. The molecule has 2 heterocycles. The summed E-state index contributed by atoms with van der Waals surface area (Å²) in [6.07, 6.45) is 0.880. The molecule has 3 unspecified atom stereocenters. The van der Waals surface area contributed by atoms with Crippen molar-refractivity contribution >= 4 is 38.1 Å². The lowest BCUT2D eigenvalue weighted by molar-refractivity contribution is -0.165. The van der Waals surface area contributed by atoms with E-state index in [9.17, 15) is 14.4 Å². The number of nitrogens with one attached hydrogen (secondary N) is 1. The van der Waals surface area contributed by atoms with Crippen molar-refractivity contribution in [3.63, 3.8) is 0 Å². The second-order valence-corrected chi connectivity index (χ2v) is 16.5. The molecule has 2 amide bonds. The lowest BCUT2D eigenvalue weighted by atomic mass is 9.99. The molecule has 5 rings (SSSR count). The Balaban J connectivity index is 1.38. The van der Waals surface area contributed by atoms with Crippen LogP contribution in [-0.4, -0.2) is 48.5 Å². The fourth-order valence-electron chi connectivity index (χ4n) is 4.95. The quantitative estimate of drug-likeness (QED) is 0.116. The van der Waals surface area contributed by atoms with E-state index in [0.29, 0.717) is 11.3 Å². The molecule has 3 atom stereocenters. The first-order valence-electron chi connectivity index (χ1n) is 13.1. The minimum absolute atomic E-state index is 0.00447. The molecule has 0 saturated carbocycles. The van der Waals surface area contributed by atoms with Crippen LogP contribution in [0.3, 0.4) is 0 Å². The van der Waals surface area contributed by atoms with Gasteiger partial charge in [-0.25, -0.2) is 4.79 Å². The van der Waals surface area contributed by atoms with Gasteiger partial charge >= 0.3 is 5.97 Å². The molecule has 1 aromatic heterocycles. The van der Waals surface area contributed by atoms with Crippen LogP contribution in [0.5, 0.6) is 0 Å². The molecule has 1 N–H and O–H groups in total. The Bertz CT molecular complexity index is 1400. The number of esters is 1. The average Bonchev–Trinajstić information content (AvgIpc) is 3.53. The number of furan rings is 1. The third-order valence-electron chi connectivity index (χ3n) is 6.69. The number of ether oxygens (including phenoxy) is 1. The molecule has 1 aliphatic heterocycles. The van der Waals surface area contributed by atoms with Crippen LogP contribution < -0.4 is 5.32 Å². The van der Waals surface area contributed by atoms with Gasteiger partial charge in [0.25, 0.3) is 0 Å². The molecule has 3 aromatic rings. The molecule has 208 valence electrons. The summed E-state index contributed by atoms with van der Waals surface area (Å²) in [5.74, 6) is -0.859. The Hall–Kier alpha value is -3.60. The number of hydrogen-bond donors (Lipinski definition) is 1. The molecule has 8 nitrogen and oxygen atoms in total. The summed E-state index contributed by atoms with van der Waals surface area (Å²) in [4.78, 5) is 41.4. The number of fused-ring (bicyclic) bond motifs is 3. The minimum Gasteiger partial charge on any atom is -0.469 e. The van der Waals surface area contributed by atoms with Crippen molar-refractivity contribution in [2.45, 2.75) is 56.5 Å². The van der Waals surface area contributed by atoms with Crippen molar-refractivity contribution in [2.24, 2.45) is 0 Å². The van der Waals surface area contributed by atoms with Crippen molar-refractivity contribution in [1.29, 1.82) is 0 Å². The van der Waals surface area contributed by atoms with Crippen LogP contribution in [0.1, 0.15) is 29.9 Å². The van der Waals surface area contributed by atoms with E-state index >= 15 is 0 Å². The van der Waals surface area contributed by atoms with Crippen molar-refractivity contribution in [2.75, 3.05) is 0 Å². The van der Waals surface area contributed by atoms with Crippen LogP contribution in [0.4, 0.5) is 0 Å². The third-order valence-corrected chi connectivity index (χ3v) is 9.77. The van der Waals surface area contributed by atoms with Crippen LogP contribution in [0.25, 0.3) is 11.1 Å². The van der Waals surface area contributed by atoms with Crippen molar-refractivity contribution in [3.8, 4) is 11.1 Å².